The summed E-state index contributed by atoms with van der Waals surface area (Å²) in [5, 5.41) is 2.50. The van der Waals surface area contributed by atoms with Gasteiger partial charge in [0.15, 0.2) is 5.54 Å². The first-order valence-corrected chi connectivity index (χ1v) is 6.29. The number of hydrogen-bond donors (Lipinski definition) is 1. The third kappa shape index (κ3) is 3.85. The van der Waals surface area contributed by atoms with E-state index in [-0.39, 0.29) is 6.61 Å². The molecule has 5 heteroatoms. The van der Waals surface area contributed by atoms with Crippen molar-refractivity contribution in [1.82, 2.24) is 5.32 Å². The minimum atomic E-state index is -1.26. The number of benzene rings is 1. The van der Waals surface area contributed by atoms with Gasteiger partial charge in [0, 0.05) is 0 Å². The van der Waals surface area contributed by atoms with Gasteiger partial charge in [-0.25, -0.2) is 9.59 Å². The number of esters is 1. The van der Waals surface area contributed by atoms with E-state index >= 15 is 0 Å². The van der Waals surface area contributed by atoms with Gasteiger partial charge < -0.3 is 14.8 Å². The Hall–Kier alpha value is -2.30. The van der Waals surface area contributed by atoms with Gasteiger partial charge in [-0.05, 0) is 12.0 Å². The molecule has 0 bridgehead atoms. The quantitative estimate of drug-likeness (QED) is 0.640. The van der Waals surface area contributed by atoms with Crippen molar-refractivity contribution in [1.29, 1.82) is 0 Å². The predicted octanol–water partition coefficient (Wildman–Crippen LogP) is 2.42. The first kappa shape index (κ1) is 15.8. The highest BCUT2D eigenvalue weighted by molar-refractivity contribution is 5.87. The Bertz CT molecular complexity index is 472. The van der Waals surface area contributed by atoms with E-state index in [9.17, 15) is 9.59 Å². The van der Waals surface area contributed by atoms with Crippen LogP contribution < -0.4 is 5.32 Å². The van der Waals surface area contributed by atoms with E-state index in [2.05, 4.69) is 16.6 Å². The fraction of sp³-hybridized carbons (Fsp3) is 0.333. The number of ether oxygens (including phenoxy) is 2. The zero-order chi connectivity index (χ0) is 15.0. The highest BCUT2D eigenvalue weighted by Gasteiger charge is 2.36. The SMILES string of the molecule is C=C[C@](CC)(NC(=O)OCc1ccccc1)C(=O)OC. The van der Waals surface area contributed by atoms with Gasteiger partial charge in [-0.3, -0.25) is 0 Å². The van der Waals surface area contributed by atoms with Crippen LogP contribution in [0.25, 0.3) is 0 Å². The predicted molar refractivity (Wildman–Crippen MR) is 75.0 cm³/mol. The summed E-state index contributed by atoms with van der Waals surface area (Å²) in [7, 11) is 1.26. The van der Waals surface area contributed by atoms with Crippen molar-refractivity contribution >= 4 is 12.1 Å². The maximum atomic E-state index is 11.8. The number of carbonyl (C=O) groups is 2. The summed E-state index contributed by atoms with van der Waals surface area (Å²) in [5.74, 6) is -0.577. The third-order valence-corrected chi connectivity index (χ3v) is 2.99. The Morgan fingerprint density at radius 2 is 2.00 bits per heavy atom. The maximum absolute atomic E-state index is 11.8. The number of methoxy groups -OCH3 is 1. The molecule has 0 aliphatic heterocycles. The summed E-state index contributed by atoms with van der Waals surface area (Å²) < 4.78 is 9.76. The lowest BCUT2D eigenvalue weighted by atomic mass is 9.97. The van der Waals surface area contributed by atoms with Crippen LogP contribution in [0.3, 0.4) is 0 Å². The Morgan fingerprint density at radius 1 is 1.35 bits per heavy atom. The van der Waals surface area contributed by atoms with Crippen molar-refractivity contribution in [3.05, 3.63) is 48.6 Å². The van der Waals surface area contributed by atoms with E-state index in [1.807, 2.05) is 30.3 Å². The van der Waals surface area contributed by atoms with Crippen LogP contribution in [0.15, 0.2) is 43.0 Å². The largest absolute Gasteiger partial charge is 0.467 e. The van der Waals surface area contributed by atoms with Crippen molar-refractivity contribution in [3.63, 3.8) is 0 Å². The lowest BCUT2D eigenvalue weighted by Crippen LogP contribution is -2.53. The van der Waals surface area contributed by atoms with Gasteiger partial charge in [0.25, 0.3) is 0 Å². The Labute approximate surface area is 118 Å². The molecule has 1 amide bonds. The number of alkyl carbamates (subject to hydrolysis) is 1. The summed E-state index contributed by atoms with van der Waals surface area (Å²) in [4.78, 5) is 23.5. The zero-order valence-corrected chi connectivity index (χ0v) is 11.7. The maximum Gasteiger partial charge on any atom is 0.408 e. The molecular weight excluding hydrogens is 258 g/mol. The molecule has 0 heterocycles. The van der Waals surface area contributed by atoms with E-state index in [4.69, 9.17) is 4.74 Å². The number of rotatable bonds is 6. The van der Waals surface area contributed by atoms with Crippen LogP contribution >= 0.6 is 0 Å². The molecule has 1 aromatic carbocycles. The van der Waals surface area contributed by atoms with E-state index in [0.29, 0.717) is 6.42 Å². The van der Waals surface area contributed by atoms with Gasteiger partial charge in [0.05, 0.1) is 7.11 Å². The van der Waals surface area contributed by atoms with Crippen molar-refractivity contribution < 1.29 is 19.1 Å². The number of hydrogen-bond acceptors (Lipinski definition) is 4. The molecule has 0 unspecified atom stereocenters. The van der Waals surface area contributed by atoms with Gasteiger partial charge in [0.2, 0.25) is 0 Å². The van der Waals surface area contributed by atoms with Gasteiger partial charge >= 0.3 is 12.1 Å². The zero-order valence-electron chi connectivity index (χ0n) is 11.7. The molecule has 0 aliphatic carbocycles. The van der Waals surface area contributed by atoms with E-state index in [1.54, 1.807) is 6.92 Å². The molecular formula is C15H19NO4. The molecule has 0 fully saturated rings. The van der Waals surface area contributed by atoms with Crippen LogP contribution in [0.4, 0.5) is 4.79 Å². The number of amides is 1. The van der Waals surface area contributed by atoms with Crippen molar-refractivity contribution in [2.24, 2.45) is 0 Å². The first-order chi connectivity index (χ1) is 9.57. The van der Waals surface area contributed by atoms with Crippen LogP contribution in [0.1, 0.15) is 18.9 Å². The molecule has 5 nitrogen and oxygen atoms in total. The molecule has 20 heavy (non-hydrogen) atoms. The molecule has 1 atom stereocenters. The monoisotopic (exact) mass is 277 g/mol. The molecule has 0 spiro atoms. The summed E-state index contributed by atoms with van der Waals surface area (Å²) in [6, 6.07) is 9.26. The summed E-state index contributed by atoms with van der Waals surface area (Å²) >= 11 is 0. The lowest BCUT2D eigenvalue weighted by Gasteiger charge is -2.26. The molecule has 0 saturated heterocycles. The molecule has 0 aliphatic rings. The van der Waals surface area contributed by atoms with Crippen LogP contribution in [0.5, 0.6) is 0 Å². The average Bonchev–Trinajstić information content (AvgIpc) is 2.51. The number of carbonyl (C=O) groups excluding carboxylic acids is 2. The molecule has 0 saturated carbocycles. The van der Waals surface area contributed by atoms with E-state index in [1.165, 1.54) is 13.2 Å². The minimum Gasteiger partial charge on any atom is -0.467 e. The first-order valence-electron chi connectivity index (χ1n) is 6.29. The second kappa shape index (κ2) is 7.33. The Morgan fingerprint density at radius 3 is 2.50 bits per heavy atom. The van der Waals surface area contributed by atoms with Crippen molar-refractivity contribution in [2.75, 3.05) is 7.11 Å². The van der Waals surface area contributed by atoms with Crippen LogP contribution in [0.2, 0.25) is 0 Å². The second-order valence-corrected chi connectivity index (χ2v) is 4.21. The number of nitrogens with one attached hydrogen (secondary N) is 1. The molecule has 0 aromatic heterocycles. The Balaban J connectivity index is 2.63. The normalized spacial score (nSPS) is 12.9. The lowest BCUT2D eigenvalue weighted by molar-refractivity contribution is -0.146. The van der Waals surface area contributed by atoms with Crippen LogP contribution in [-0.2, 0) is 20.9 Å². The fourth-order valence-electron chi connectivity index (χ4n) is 1.69. The molecule has 108 valence electrons. The second-order valence-electron chi connectivity index (χ2n) is 4.21. The van der Waals surface area contributed by atoms with Crippen LogP contribution in [-0.4, -0.2) is 24.7 Å². The van der Waals surface area contributed by atoms with Crippen molar-refractivity contribution in [3.8, 4) is 0 Å². The average molecular weight is 277 g/mol. The summed E-state index contributed by atoms with van der Waals surface area (Å²) in [5.41, 5.74) is -0.399. The van der Waals surface area contributed by atoms with Gasteiger partial charge in [-0.2, -0.15) is 0 Å². The summed E-state index contributed by atoms with van der Waals surface area (Å²) in [6.45, 7) is 5.45. The molecule has 1 aromatic rings. The Kier molecular flexibility index (Phi) is 5.77. The fourth-order valence-corrected chi connectivity index (χ4v) is 1.69. The third-order valence-electron chi connectivity index (χ3n) is 2.99. The highest BCUT2D eigenvalue weighted by atomic mass is 16.6. The van der Waals surface area contributed by atoms with E-state index in [0.717, 1.165) is 5.56 Å². The summed E-state index contributed by atoms with van der Waals surface area (Å²) in [6.07, 6.45) is 0.979. The standard InChI is InChI=1S/C15H19NO4/c1-4-15(5-2,13(17)19-3)16-14(18)20-11-12-9-7-6-8-10-12/h4,6-10H,1,5,11H2,2-3H3,(H,16,18)/t15-/m1/s1. The molecule has 1 rings (SSSR count). The molecule has 0 radical (unpaired) electrons. The smallest absolute Gasteiger partial charge is 0.408 e. The van der Waals surface area contributed by atoms with Crippen molar-refractivity contribution in [2.45, 2.75) is 25.5 Å². The molecule has 1 N–H and O–H groups in total. The van der Waals surface area contributed by atoms with Gasteiger partial charge in [0.1, 0.15) is 6.61 Å². The highest BCUT2D eigenvalue weighted by Crippen LogP contribution is 2.14. The minimum absolute atomic E-state index is 0.130. The van der Waals surface area contributed by atoms with Gasteiger partial charge in [-0.15, -0.1) is 6.58 Å². The van der Waals surface area contributed by atoms with E-state index < -0.39 is 17.6 Å². The van der Waals surface area contributed by atoms with Crippen LogP contribution in [0, 0.1) is 0 Å². The van der Waals surface area contributed by atoms with Gasteiger partial charge in [-0.1, -0.05) is 43.3 Å². The topological polar surface area (TPSA) is 64.6 Å².